The van der Waals surface area contributed by atoms with Crippen molar-refractivity contribution in [3.05, 3.63) is 51.7 Å². The van der Waals surface area contributed by atoms with E-state index < -0.39 is 0 Å². The summed E-state index contributed by atoms with van der Waals surface area (Å²) in [5.41, 5.74) is 8.86. The van der Waals surface area contributed by atoms with E-state index in [1.165, 1.54) is 33.5 Å². The molecule has 1 saturated heterocycles. The van der Waals surface area contributed by atoms with Crippen LogP contribution in [0.5, 0.6) is 0 Å². The van der Waals surface area contributed by atoms with Crippen molar-refractivity contribution < 1.29 is 0 Å². The standard InChI is InChI=1S/C21H21N5S/c22-4-5-25-6-8-26(9-7-25)13-15-1-2-16-12-19-20(17-3-10-27-14-17)23-24-21(19)18(16)11-15/h1-3,10-11,14H,5-9,12-13H2,(H,23,24). The van der Waals surface area contributed by atoms with Gasteiger partial charge in [0.1, 0.15) is 0 Å². The number of nitriles is 1. The van der Waals surface area contributed by atoms with Crippen molar-refractivity contribution in [2.75, 3.05) is 32.7 Å². The van der Waals surface area contributed by atoms with Gasteiger partial charge in [0, 0.05) is 61.2 Å². The van der Waals surface area contributed by atoms with E-state index in [-0.39, 0.29) is 0 Å². The van der Waals surface area contributed by atoms with Crippen LogP contribution < -0.4 is 0 Å². The van der Waals surface area contributed by atoms with Gasteiger partial charge >= 0.3 is 0 Å². The van der Waals surface area contributed by atoms with E-state index in [4.69, 9.17) is 5.26 Å². The molecule has 1 N–H and O–H groups in total. The van der Waals surface area contributed by atoms with Gasteiger partial charge in [-0.3, -0.25) is 14.9 Å². The predicted octanol–water partition coefficient (Wildman–Crippen LogP) is 3.35. The smallest absolute Gasteiger partial charge is 0.0970 e. The fraction of sp³-hybridized carbons (Fsp3) is 0.333. The Hall–Kier alpha value is -2.46. The van der Waals surface area contributed by atoms with E-state index in [1.54, 1.807) is 11.3 Å². The van der Waals surface area contributed by atoms with Gasteiger partial charge in [-0.15, -0.1) is 0 Å². The molecular formula is C21H21N5S. The third-order valence-electron chi connectivity index (χ3n) is 5.64. The first-order valence-corrected chi connectivity index (χ1v) is 10.3. The summed E-state index contributed by atoms with van der Waals surface area (Å²) in [4.78, 5) is 4.71. The zero-order valence-corrected chi connectivity index (χ0v) is 15.9. The molecule has 5 rings (SSSR count). The average molecular weight is 376 g/mol. The lowest BCUT2D eigenvalue weighted by Crippen LogP contribution is -2.45. The minimum atomic E-state index is 0.543. The summed E-state index contributed by atoms with van der Waals surface area (Å²) >= 11 is 1.71. The maximum absolute atomic E-state index is 8.84. The number of fused-ring (bicyclic) bond motifs is 3. The van der Waals surface area contributed by atoms with Gasteiger partial charge in [-0.1, -0.05) is 12.1 Å². The molecule has 3 heterocycles. The number of hydrogen-bond donors (Lipinski definition) is 1. The molecule has 6 heteroatoms. The van der Waals surface area contributed by atoms with E-state index in [1.807, 2.05) is 0 Å². The van der Waals surface area contributed by atoms with E-state index in [9.17, 15) is 0 Å². The minimum Gasteiger partial charge on any atom is -0.297 e. The van der Waals surface area contributed by atoms with Crippen LogP contribution in [0.15, 0.2) is 35.0 Å². The molecule has 0 radical (unpaired) electrons. The second-order valence-electron chi connectivity index (χ2n) is 7.32. The molecule has 1 aliphatic heterocycles. The Labute approximate surface area is 162 Å². The SMILES string of the molecule is N#CCN1CCN(Cc2ccc3c(c2)-c2[nH]nc(-c4ccsc4)c2C3)CC1. The van der Waals surface area contributed by atoms with Gasteiger partial charge in [-0.05, 0) is 28.6 Å². The molecule has 1 aromatic carbocycles. The third-order valence-corrected chi connectivity index (χ3v) is 6.32. The number of nitrogens with one attached hydrogen (secondary N) is 1. The number of H-pyrrole nitrogens is 1. The Balaban J connectivity index is 1.34. The van der Waals surface area contributed by atoms with Crippen molar-refractivity contribution >= 4 is 11.3 Å². The summed E-state index contributed by atoms with van der Waals surface area (Å²) in [5.74, 6) is 0. The highest BCUT2D eigenvalue weighted by Crippen LogP contribution is 2.40. The molecule has 0 bridgehead atoms. The largest absolute Gasteiger partial charge is 0.297 e. The Morgan fingerprint density at radius 3 is 2.78 bits per heavy atom. The van der Waals surface area contributed by atoms with Crippen LogP contribution >= 0.6 is 11.3 Å². The molecule has 0 unspecified atom stereocenters. The normalized spacial score (nSPS) is 16.9. The summed E-state index contributed by atoms with van der Waals surface area (Å²) < 4.78 is 0. The maximum atomic E-state index is 8.84. The molecule has 136 valence electrons. The van der Waals surface area contributed by atoms with Crippen LogP contribution in [-0.4, -0.2) is 52.7 Å². The second-order valence-corrected chi connectivity index (χ2v) is 8.10. The molecule has 0 spiro atoms. The summed E-state index contributed by atoms with van der Waals surface area (Å²) in [6.45, 7) is 5.52. The summed E-state index contributed by atoms with van der Waals surface area (Å²) in [6.07, 6.45) is 0.958. The number of thiophene rings is 1. The number of aromatic nitrogens is 2. The molecule has 2 aliphatic rings. The summed E-state index contributed by atoms with van der Waals surface area (Å²) in [6, 6.07) is 11.3. The van der Waals surface area contributed by atoms with E-state index in [0.717, 1.165) is 44.8 Å². The molecule has 5 nitrogen and oxygen atoms in total. The van der Waals surface area contributed by atoms with Crippen LogP contribution in [0.25, 0.3) is 22.5 Å². The van der Waals surface area contributed by atoms with Crippen LogP contribution in [0.1, 0.15) is 16.7 Å². The van der Waals surface area contributed by atoms with Crippen molar-refractivity contribution in [3.8, 4) is 28.6 Å². The Kier molecular flexibility index (Phi) is 4.29. The number of rotatable bonds is 4. The first-order valence-electron chi connectivity index (χ1n) is 9.35. The van der Waals surface area contributed by atoms with Crippen LogP contribution in [0.2, 0.25) is 0 Å². The van der Waals surface area contributed by atoms with Crippen molar-refractivity contribution in [2.24, 2.45) is 0 Å². The Morgan fingerprint density at radius 2 is 2.00 bits per heavy atom. The van der Waals surface area contributed by atoms with Gasteiger partial charge < -0.3 is 0 Å². The highest BCUT2D eigenvalue weighted by Gasteiger charge is 2.26. The number of aromatic amines is 1. The lowest BCUT2D eigenvalue weighted by molar-refractivity contribution is 0.138. The summed E-state index contributed by atoms with van der Waals surface area (Å²) in [5, 5.41) is 21.0. The van der Waals surface area contributed by atoms with Crippen LogP contribution in [0, 0.1) is 11.3 Å². The van der Waals surface area contributed by atoms with Gasteiger partial charge in [0.2, 0.25) is 0 Å². The van der Waals surface area contributed by atoms with Crippen molar-refractivity contribution in [2.45, 2.75) is 13.0 Å². The monoisotopic (exact) mass is 375 g/mol. The van der Waals surface area contributed by atoms with Gasteiger partial charge in [-0.2, -0.15) is 21.7 Å². The quantitative estimate of drug-likeness (QED) is 0.556. The van der Waals surface area contributed by atoms with Crippen molar-refractivity contribution in [1.82, 2.24) is 20.0 Å². The molecule has 3 aromatic rings. The molecule has 2 aromatic heterocycles. The zero-order chi connectivity index (χ0) is 18.2. The average Bonchev–Trinajstić information content (AvgIpc) is 3.40. The van der Waals surface area contributed by atoms with Crippen molar-refractivity contribution in [3.63, 3.8) is 0 Å². The lowest BCUT2D eigenvalue weighted by atomic mass is 10.0. The molecular weight excluding hydrogens is 354 g/mol. The predicted molar refractivity (Wildman–Crippen MR) is 107 cm³/mol. The fourth-order valence-electron chi connectivity index (χ4n) is 4.16. The van der Waals surface area contributed by atoms with Crippen LogP contribution in [-0.2, 0) is 13.0 Å². The van der Waals surface area contributed by atoms with E-state index >= 15 is 0 Å². The van der Waals surface area contributed by atoms with Gasteiger partial charge in [0.05, 0.1) is 24.0 Å². The van der Waals surface area contributed by atoms with Gasteiger partial charge in [0.15, 0.2) is 0 Å². The Morgan fingerprint density at radius 1 is 1.15 bits per heavy atom. The molecule has 0 amide bonds. The highest BCUT2D eigenvalue weighted by atomic mass is 32.1. The number of nitrogens with zero attached hydrogens (tertiary/aromatic N) is 4. The number of piperazine rings is 1. The molecule has 1 aliphatic carbocycles. The van der Waals surface area contributed by atoms with Crippen LogP contribution in [0.4, 0.5) is 0 Å². The highest BCUT2D eigenvalue weighted by molar-refractivity contribution is 7.08. The Bertz CT molecular complexity index is 990. The number of benzene rings is 1. The first-order chi connectivity index (χ1) is 13.3. The summed E-state index contributed by atoms with van der Waals surface area (Å²) in [7, 11) is 0. The number of hydrogen-bond acceptors (Lipinski definition) is 5. The maximum Gasteiger partial charge on any atom is 0.0970 e. The molecule has 0 saturated carbocycles. The molecule has 0 atom stereocenters. The molecule has 1 fully saturated rings. The molecule has 27 heavy (non-hydrogen) atoms. The minimum absolute atomic E-state index is 0.543. The van der Waals surface area contributed by atoms with Gasteiger partial charge in [-0.25, -0.2) is 0 Å². The van der Waals surface area contributed by atoms with Gasteiger partial charge in [0.25, 0.3) is 0 Å². The van der Waals surface area contributed by atoms with E-state index in [2.05, 4.69) is 61.1 Å². The van der Waals surface area contributed by atoms with Crippen LogP contribution in [0.3, 0.4) is 0 Å². The zero-order valence-electron chi connectivity index (χ0n) is 15.1. The topological polar surface area (TPSA) is 59.0 Å². The first kappa shape index (κ1) is 16.7. The fourth-order valence-corrected chi connectivity index (χ4v) is 4.80. The third kappa shape index (κ3) is 3.08. The van der Waals surface area contributed by atoms with Crippen molar-refractivity contribution in [1.29, 1.82) is 5.26 Å². The van der Waals surface area contributed by atoms with E-state index in [0.29, 0.717) is 6.54 Å². The second kappa shape index (κ2) is 6.93. The lowest BCUT2D eigenvalue weighted by Gasteiger charge is -2.33.